The molecule has 1 heterocycles. The van der Waals surface area contributed by atoms with Crippen LogP contribution in [0.4, 0.5) is 0 Å². The summed E-state index contributed by atoms with van der Waals surface area (Å²) < 4.78 is 5.12. The molecule has 0 atom stereocenters. The summed E-state index contributed by atoms with van der Waals surface area (Å²) in [6, 6.07) is 7.70. The standard InChI is InChI=1S/C20H30N2O3/c1-20(2,3)14-19(24)22-11-9-16(10-12-22)21-18(23)13-15-5-7-17(25-4)8-6-15/h5-8,16H,9-14H2,1-4H3,(H,21,23). The van der Waals surface area contributed by atoms with Crippen molar-refractivity contribution in [2.75, 3.05) is 20.2 Å². The minimum absolute atomic E-state index is 0.0144. The molecule has 138 valence electrons. The molecule has 1 aliphatic rings. The highest BCUT2D eigenvalue weighted by atomic mass is 16.5. The average molecular weight is 346 g/mol. The van der Waals surface area contributed by atoms with E-state index in [0.717, 1.165) is 37.2 Å². The first-order valence-corrected chi connectivity index (χ1v) is 8.97. The highest BCUT2D eigenvalue weighted by Crippen LogP contribution is 2.21. The molecule has 5 nitrogen and oxygen atoms in total. The van der Waals surface area contributed by atoms with Crippen molar-refractivity contribution in [1.82, 2.24) is 10.2 Å². The van der Waals surface area contributed by atoms with E-state index >= 15 is 0 Å². The van der Waals surface area contributed by atoms with Crippen molar-refractivity contribution in [3.05, 3.63) is 29.8 Å². The third-order valence-corrected chi connectivity index (χ3v) is 4.42. The van der Waals surface area contributed by atoms with Crippen LogP contribution in [0.15, 0.2) is 24.3 Å². The Morgan fingerprint density at radius 2 is 1.76 bits per heavy atom. The lowest BCUT2D eigenvalue weighted by molar-refractivity contribution is -0.134. The molecule has 1 N–H and O–H groups in total. The highest BCUT2D eigenvalue weighted by Gasteiger charge is 2.26. The van der Waals surface area contributed by atoms with Crippen LogP contribution in [-0.2, 0) is 16.0 Å². The van der Waals surface area contributed by atoms with E-state index in [4.69, 9.17) is 4.74 Å². The van der Waals surface area contributed by atoms with Crippen LogP contribution in [0.5, 0.6) is 5.75 Å². The molecule has 2 amide bonds. The van der Waals surface area contributed by atoms with Gasteiger partial charge in [0.1, 0.15) is 5.75 Å². The minimum atomic E-state index is 0.0144. The Bertz CT molecular complexity index is 582. The Kier molecular flexibility index (Phi) is 6.45. The second kappa shape index (κ2) is 8.37. The third kappa shape index (κ3) is 6.40. The van der Waals surface area contributed by atoms with Crippen molar-refractivity contribution < 1.29 is 14.3 Å². The van der Waals surface area contributed by atoms with Crippen LogP contribution >= 0.6 is 0 Å². The molecule has 1 fully saturated rings. The first kappa shape index (κ1) is 19.3. The molecule has 1 aromatic rings. The number of hydrogen-bond acceptors (Lipinski definition) is 3. The monoisotopic (exact) mass is 346 g/mol. The summed E-state index contributed by atoms with van der Waals surface area (Å²) in [6.45, 7) is 7.69. The molecule has 2 rings (SSSR count). The molecule has 0 radical (unpaired) electrons. The Labute approximate surface area is 150 Å². The van der Waals surface area contributed by atoms with Crippen molar-refractivity contribution >= 4 is 11.8 Å². The Hall–Kier alpha value is -2.04. The van der Waals surface area contributed by atoms with Crippen molar-refractivity contribution in [2.24, 2.45) is 5.41 Å². The smallest absolute Gasteiger partial charge is 0.224 e. The van der Waals surface area contributed by atoms with E-state index in [2.05, 4.69) is 26.1 Å². The maximum Gasteiger partial charge on any atom is 0.224 e. The minimum Gasteiger partial charge on any atom is -0.497 e. The zero-order chi connectivity index (χ0) is 18.4. The van der Waals surface area contributed by atoms with Crippen LogP contribution in [0.2, 0.25) is 0 Å². The summed E-state index contributed by atoms with van der Waals surface area (Å²) in [4.78, 5) is 26.4. The number of likely N-dealkylation sites (tertiary alicyclic amines) is 1. The lowest BCUT2D eigenvalue weighted by Crippen LogP contribution is -2.47. The summed E-state index contributed by atoms with van der Waals surface area (Å²) in [7, 11) is 1.63. The number of nitrogens with zero attached hydrogens (tertiary/aromatic N) is 1. The number of hydrogen-bond donors (Lipinski definition) is 1. The first-order valence-electron chi connectivity index (χ1n) is 8.97. The molecule has 0 bridgehead atoms. The van der Waals surface area contributed by atoms with Crippen molar-refractivity contribution in [2.45, 2.75) is 52.5 Å². The normalized spacial score (nSPS) is 15.8. The van der Waals surface area contributed by atoms with E-state index < -0.39 is 0 Å². The van der Waals surface area contributed by atoms with E-state index in [1.165, 1.54) is 0 Å². The Morgan fingerprint density at radius 3 is 2.28 bits per heavy atom. The van der Waals surface area contributed by atoms with Crippen molar-refractivity contribution in [3.8, 4) is 5.75 Å². The van der Waals surface area contributed by atoms with E-state index in [1.54, 1.807) is 7.11 Å². The molecule has 0 unspecified atom stereocenters. The molecule has 25 heavy (non-hydrogen) atoms. The number of carbonyl (C=O) groups excluding carboxylic acids is 2. The predicted molar refractivity (Wildman–Crippen MR) is 98.5 cm³/mol. The van der Waals surface area contributed by atoms with Gasteiger partial charge in [-0.3, -0.25) is 9.59 Å². The lowest BCUT2D eigenvalue weighted by Gasteiger charge is -2.34. The maximum absolute atomic E-state index is 12.3. The highest BCUT2D eigenvalue weighted by molar-refractivity contribution is 5.79. The second-order valence-electron chi connectivity index (χ2n) is 7.98. The molecule has 1 saturated heterocycles. The van der Waals surface area contributed by atoms with Crippen LogP contribution in [-0.4, -0.2) is 43.0 Å². The maximum atomic E-state index is 12.3. The van der Waals surface area contributed by atoms with E-state index in [9.17, 15) is 9.59 Å². The largest absolute Gasteiger partial charge is 0.497 e. The topological polar surface area (TPSA) is 58.6 Å². The van der Waals surface area contributed by atoms with Gasteiger partial charge in [-0.15, -0.1) is 0 Å². The fourth-order valence-corrected chi connectivity index (χ4v) is 3.05. The van der Waals surface area contributed by atoms with Gasteiger partial charge in [0, 0.05) is 25.6 Å². The molecule has 0 aliphatic carbocycles. The van der Waals surface area contributed by atoms with Gasteiger partial charge in [-0.05, 0) is 36.0 Å². The predicted octanol–water partition coefficient (Wildman–Crippen LogP) is 2.78. The number of amides is 2. The molecular formula is C20H30N2O3. The summed E-state index contributed by atoms with van der Waals surface area (Å²) in [5.41, 5.74) is 0.983. The summed E-state index contributed by atoms with van der Waals surface area (Å²) in [5, 5.41) is 3.10. The van der Waals surface area contributed by atoms with E-state index in [0.29, 0.717) is 12.8 Å². The number of ether oxygens (including phenoxy) is 1. The zero-order valence-electron chi connectivity index (χ0n) is 15.8. The lowest BCUT2D eigenvalue weighted by atomic mass is 9.91. The summed E-state index contributed by atoms with van der Waals surface area (Å²) in [5.74, 6) is 1.04. The fraction of sp³-hybridized carbons (Fsp3) is 0.600. The van der Waals surface area contributed by atoms with Crippen LogP contribution in [0.3, 0.4) is 0 Å². The number of nitrogens with one attached hydrogen (secondary N) is 1. The molecule has 0 spiro atoms. The number of rotatable bonds is 5. The number of carbonyl (C=O) groups is 2. The van der Waals surface area contributed by atoms with Gasteiger partial charge in [0.2, 0.25) is 11.8 Å². The summed E-state index contributed by atoms with van der Waals surface area (Å²) in [6.07, 6.45) is 2.59. The number of methoxy groups -OCH3 is 1. The Morgan fingerprint density at radius 1 is 1.16 bits per heavy atom. The van der Waals surface area contributed by atoms with Gasteiger partial charge in [0.15, 0.2) is 0 Å². The molecule has 1 aromatic carbocycles. The van der Waals surface area contributed by atoms with E-state index in [1.807, 2.05) is 29.2 Å². The molecular weight excluding hydrogens is 316 g/mol. The Balaban J connectivity index is 1.75. The number of piperidine rings is 1. The first-order chi connectivity index (χ1) is 11.8. The van der Waals surface area contributed by atoms with Gasteiger partial charge in [0.05, 0.1) is 13.5 Å². The molecule has 0 aromatic heterocycles. The molecule has 1 aliphatic heterocycles. The van der Waals surface area contributed by atoms with Gasteiger partial charge >= 0.3 is 0 Å². The zero-order valence-corrected chi connectivity index (χ0v) is 15.8. The van der Waals surface area contributed by atoms with Crippen LogP contribution in [0.25, 0.3) is 0 Å². The van der Waals surface area contributed by atoms with Gasteiger partial charge in [-0.25, -0.2) is 0 Å². The van der Waals surface area contributed by atoms with Crippen LogP contribution in [0, 0.1) is 5.41 Å². The summed E-state index contributed by atoms with van der Waals surface area (Å²) >= 11 is 0. The quantitative estimate of drug-likeness (QED) is 0.892. The van der Waals surface area contributed by atoms with Gasteiger partial charge in [0.25, 0.3) is 0 Å². The van der Waals surface area contributed by atoms with E-state index in [-0.39, 0.29) is 23.3 Å². The molecule has 0 saturated carbocycles. The third-order valence-electron chi connectivity index (χ3n) is 4.42. The number of benzene rings is 1. The van der Waals surface area contributed by atoms with Gasteiger partial charge in [-0.2, -0.15) is 0 Å². The fourth-order valence-electron chi connectivity index (χ4n) is 3.05. The average Bonchev–Trinajstić information content (AvgIpc) is 2.54. The molecule has 5 heteroatoms. The van der Waals surface area contributed by atoms with Crippen molar-refractivity contribution in [3.63, 3.8) is 0 Å². The SMILES string of the molecule is COc1ccc(CC(=O)NC2CCN(C(=O)CC(C)(C)C)CC2)cc1. The second-order valence-corrected chi connectivity index (χ2v) is 7.98. The van der Waals surface area contributed by atoms with Gasteiger partial charge in [-0.1, -0.05) is 32.9 Å². The van der Waals surface area contributed by atoms with Crippen LogP contribution < -0.4 is 10.1 Å². The van der Waals surface area contributed by atoms with Crippen molar-refractivity contribution in [1.29, 1.82) is 0 Å². The van der Waals surface area contributed by atoms with Crippen LogP contribution in [0.1, 0.15) is 45.6 Å². The van der Waals surface area contributed by atoms with Gasteiger partial charge < -0.3 is 15.0 Å².